The number of hydrogen-bond donors (Lipinski definition) is 2. The third kappa shape index (κ3) is 3.98. The molecule has 1 fully saturated rings. The number of benzene rings is 1. The fourth-order valence-electron chi connectivity index (χ4n) is 2.52. The summed E-state index contributed by atoms with van der Waals surface area (Å²) in [4.78, 5) is 29.7. The Kier molecular flexibility index (Phi) is 5.22. The fourth-order valence-corrected chi connectivity index (χ4v) is 3.38. The molecule has 2 N–H and O–H groups in total. The molecule has 1 atom stereocenters. The van der Waals surface area contributed by atoms with E-state index >= 15 is 0 Å². The van der Waals surface area contributed by atoms with Crippen molar-refractivity contribution in [1.82, 2.24) is 20.5 Å². The van der Waals surface area contributed by atoms with E-state index in [0.717, 1.165) is 16.3 Å². The van der Waals surface area contributed by atoms with Gasteiger partial charge in [-0.2, -0.15) is 0 Å². The van der Waals surface area contributed by atoms with Crippen molar-refractivity contribution in [3.05, 3.63) is 40.7 Å². The van der Waals surface area contributed by atoms with E-state index in [-0.39, 0.29) is 30.9 Å². The van der Waals surface area contributed by atoms with Crippen LogP contribution in [0.3, 0.4) is 0 Å². The molecular weight excluding hydrogens is 324 g/mol. The lowest BCUT2D eigenvalue weighted by atomic mass is 10.2. The normalized spacial score (nSPS) is 15.9. The van der Waals surface area contributed by atoms with Gasteiger partial charge in [-0.05, 0) is 6.92 Å². The average Bonchev–Trinajstić information content (AvgIpc) is 3.10. The smallest absolute Gasteiger partial charge is 0.239 e. The van der Waals surface area contributed by atoms with Gasteiger partial charge in [0.15, 0.2) is 0 Å². The van der Waals surface area contributed by atoms with Crippen LogP contribution in [-0.2, 0) is 9.59 Å². The first kappa shape index (κ1) is 16.6. The molecule has 1 aromatic carbocycles. The summed E-state index contributed by atoms with van der Waals surface area (Å²) >= 11 is 1.58. The van der Waals surface area contributed by atoms with Crippen molar-refractivity contribution in [1.29, 1.82) is 0 Å². The minimum absolute atomic E-state index is 0.0185. The van der Waals surface area contributed by atoms with Crippen LogP contribution in [0.2, 0.25) is 0 Å². The lowest BCUT2D eigenvalue weighted by Gasteiger charge is -2.27. The lowest BCUT2D eigenvalue weighted by molar-refractivity contribution is -0.137. The Morgan fingerprint density at radius 2 is 2.21 bits per heavy atom. The molecular formula is C17H20N4O2S. The molecule has 1 aliphatic rings. The Labute approximate surface area is 144 Å². The number of nitrogens with one attached hydrogen (secondary N) is 2. The van der Waals surface area contributed by atoms with Gasteiger partial charge in [0.1, 0.15) is 5.01 Å². The maximum Gasteiger partial charge on any atom is 0.239 e. The van der Waals surface area contributed by atoms with E-state index in [1.807, 2.05) is 42.6 Å². The fraction of sp³-hybridized carbons (Fsp3) is 0.353. The molecule has 2 heterocycles. The Morgan fingerprint density at radius 3 is 2.96 bits per heavy atom. The molecule has 1 aromatic heterocycles. The Morgan fingerprint density at radius 1 is 1.42 bits per heavy atom. The van der Waals surface area contributed by atoms with Crippen molar-refractivity contribution in [2.24, 2.45) is 0 Å². The Balaban J connectivity index is 1.55. The van der Waals surface area contributed by atoms with Crippen molar-refractivity contribution < 1.29 is 9.59 Å². The molecule has 0 saturated carbocycles. The number of aromatic nitrogens is 1. The highest BCUT2D eigenvalue weighted by molar-refractivity contribution is 7.10. The van der Waals surface area contributed by atoms with Gasteiger partial charge in [0.2, 0.25) is 11.8 Å². The number of piperazine rings is 1. The van der Waals surface area contributed by atoms with Crippen molar-refractivity contribution in [3.63, 3.8) is 0 Å². The van der Waals surface area contributed by atoms with E-state index in [4.69, 9.17) is 0 Å². The molecule has 126 valence electrons. The summed E-state index contributed by atoms with van der Waals surface area (Å²) < 4.78 is 0. The van der Waals surface area contributed by atoms with Gasteiger partial charge in [-0.15, -0.1) is 11.3 Å². The Hall–Kier alpha value is -2.25. The molecule has 0 bridgehead atoms. The summed E-state index contributed by atoms with van der Waals surface area (Å²) in [6.45, 7) is 3.42. The van der Waals surface area contributed by atoms with E-state index < -0.39 is 0 Å². The first-order valence-corrected chi connectivity index (χ1v) is 8.80. The zero-order chi connectivity index (χ0) is 16.9. The number of rotatable bonds is 5. The highest BCUT2D eigenvalue weighted by Gasteiger charge is 2.21. The second-order valence-corrected chi connectivity index (χ2v) is 6.59. The lowest BCUT2D eigenvalue weighted by Crippen LogP contribution is -2.52. The van der Waals surface area contributed by atoms with Crippen LogP contribution in [0.4, 0.5) is 0 Å². The second kappa shape index (κ2) is 7.55. The standard InChI is InChI=1S/C17H20N4O2S/c1-12(19-9-16(23)21-8-7-18-15(22)10-21)17-20-14(11-24-17)13-5-3-2-4-6-13/h2-6,11-12,19H,7-10H2,1H3,(H,18,22). The van der Waals surface area contributed by atoms with Gasteiger partial charge >= 0.3 is 0 Å². The average molecular weight is 344 g/mol. The first-order chi connectivity index (χ1) is 11.6. The molecule has 0 aliphatic carbocycles. The zero-order valence-electron chi connectivity index (χ0n) is 13.5. The first-order valence-electron chi connectivity index (χ1n) is 7.92. The second-order valence-electron chi connectivity index (χ2n) is 5.70. The molecule has 3 rings (SSSR count). The maximum atomic E-state index is 12.2. The monoisotopic (exact) mass is 344 g/mol. The molecule has 6 nitrogen and oxygen atoms in total. The van der Waals surface area contributed by atoms with Gasteiger partial charge in [0, 0.05) is 24.0 Å². The number of thiazole rings is 1. The van der Waals surface area contributed by atoms with Crippen LogP contribution in [-0.4, -0.2) is 47.9 Å². The van der Waals surface area contributed by atoms with Crippen molar-refractivity contribution in [2.75, 3.05) is 26.2 Å². The summed E-state index contributed by atoms with van der Waals surface area (Å²) in [5.74, 6) is -0.161. The molecule has 0 spiro atoms. The van der Waals surface area contributed by atoms with E-state index in [2.05, 4.69) is 15.6 Å². The highest BCUT2D eigenvalue weighted by Crippen LogP contribution is 2.25. The molecule has 1 aliphatic heterocycles. The summed E-state index contributed by atoms with van der Waals surface area (Å²) in [5, 5.41) is 8.88. The van der Waals surface area contributed by atoms with Gasteiger partial charge in [-0.3, -0.25) is 14.9 Å². The highest BCUT2D eigenvalue weighted by atomic mass is 32.1. The third-order valence-corrected chi connectivity index (χ3v) is 4.94. The summed E-state index contributed by atoms with van der Waals surface area (Å²) in [6, 6.07) is 10.00. The van der Waals surface area contributed by atoms with Crippen LogP contribution >= 0.6 is 11.3 Å². The van der Waals surface area contributed by atoms with Gasteiger partial charge in [0.05, 0.1) is 24.8 Å². The molecule has 1 unspecified atom stereocenters. The van der Waals surface area contributed by atoms with E-state index in [0.29, 0.717) is 13.1 Å². The number of nitrogens with zero attached hydrogens (tertiary/aromatic N) is 2. The SMILES string of the molecule is CC(NCC(=O)N1CCNC(=O)C1)c1nc(-c2ccccc2)cs1. The van der Waals surface area contributed by atoms with Crippen LogP contribution in [0.1, 0.15) is 18.0 Å². The van der Waals surface area contributed by atoms with Crippen molar-refractivity contribution in [2.45, 2.75) is 13.0 Å². The third-order valence-electron chi connectivity index (χ3n) is 3.91. The number of carbonyl (C=O) groups is 2. The molecule has 1 saturated heterocycles. The van der Waals surface area contributed by atoms with Crippen LogP contribution in [0.15, 0.2) is 35.7 Å². The van der Waals surface area contributed by atoms with E-state index in [1.54, 1.807) is 16.2 Å². The minimum Gasteiger partial charge on any atom is -0.353 e. The zero-order valence-corrected chi connectivity index (χ0v) is 14.3. The summed E-state index contributed by atoms with van der Waals surface area (Å²) in [7, 11) is 0. The van der Waals surface area contributed by atoms with Gasteiger partial charge in [0.25, 0.3) is 0 Å². The Bertz CT molecular complexity index is 716. The van der Waals surface area contributed by atoms with E-state index in [9.17, 15) is 9.59 Å². The number of carbonyl (C=O) groups excluding carboxylic acids is 2. The van der Waals surface area contributed by atoms with Crippen LogP contribution in [0, 0.1) is 0 Å². The predicted molar refractivity (Wildman–Crippen MR) is 93.6 cm³/mol. The van der Waals surface area contributed by atoms with Crippen molar-refractivity contribution >= 4 is 23.2 Å². The van der Waals surface area contributed by atoms with Crippen LogP contribution < -0.4 is 10.6 Å². The number of hydrogen-bond acceptors (Lipinski definition) is 5. The molecule has 2 amide bonds. The van der Waals surface area contributed by atoms with Gasteiger partial charge in [-0.25, -0.2) is 4.98 Å². The summed E-state index contributed by atoms with van der Waals surface area (Å²) in [6.07, 6.45) is 0. The predicted octanol–water partition coefficient (Wildman–Crippen LogP) is 1.42. The van der Waals surface area contributed by atoms with Crippen molar-refractivity contribution in [3.8, 4) is 11.3 Å². The molecule has 7 heteroatoms. The molecule has 2 aromatic rings. The van der Waals surface area contributed by atoms with Gasteiger partial charge < -0.3 is 10.2 Å². The maximum absolute atomic E-state index is 12.2. The largest absolute Gasteiger partial charge is 0.353 e. The molecule has 24 heavy (non-hydrogen) atoms. The minimum atomic E-state index is -0.102. The summed E-state index contributed by atoms with van der Waals surface area (Å²) in [5.41, 5.74) is 2.03. The van der Waals surface area contributed by atoms with Crippen LogP contribution in [0.5, 0.6) is 0 Å². The van der Waals surface area contributed by atoms with Crippen LogP contribution in [0.25, 0.3) is 11.3 Å². The number of amides is 2. The van der Waals surface area contributed by atoms with E-state index in [1.165, 1.54) is 0 Å². The quantitative estimate of drug-likeness (QED) is 0.860. The van der Waals surface area contributed by atoms with Gasteiger partial charge in [-0.1, -0.05) is 30.3 Å². The molecule has 0 radical (unpaired) electrons. The topological polar surface area (TPSA) is 74.3 Å².